The zero-order chi connectivity index (χ0) is 14.9. The first-order valence-corrected chi connectivity index (χ1v) is 6.75. The zero-order valence-corrected chi connectivity index (χ0v) is 11.7. The van der Waals surface area contributed by atoms with Crippen molar-refractivity contribution in [3.8, 4) is 0 Å². The summed E-state index contributed by atoms with van der Waals surface area (Å²) in [4.78, 5) is 0. The van der Waals surface area contributed by atoms with Gasteiger partial charge in [0.05, 0.1) is 5.56 Å². The van der Waals surface area contributed by atoms with Gasteiger partial charge in [0.2, 0.25) is 0 Å². The molecule has 1 aromatic carbocycles. The summed E-state index contributed by atoms with van der Waals surface area (Å²) < 4.78 is 40.4. The van der Waals surface area contributed by atoms with Crippen LogP contribution in [0.25, 0.3) is 10.9 Å². The number of nitrogens with two attached hydrogens (primary N) is 1. The molecule has 1 aromatic heterocycles. The molecular weight excluding hydrogens is 265 g/mol. The monoisotopic (exact) mass is 284 g/mol. The largest absolute Gasteiger partial charge is 0.416 e. The van der Waals surface area contributed by atoms with Crippen molar-refractivity contribution in [2.45, 2.75) is 38.9 Å². The first kappa shape index (κ1) is 14.9. The standard InChI is InChI=1S/C15H19F3N2/c1-10(2)20-13(4-3-7-19)9-11-8-12(15(16,17)18)5-6-14(11)20/h5-6,8-10H,3-4,7,19H2,1-2H3. The van der Waals surface area contributed by atoms with Gasteiger partial charge in [-0.25, -0.2) is 0 Å². The highest BCUT2D eigenvalue weighted by Gasteiger charge is 2.30. The van der Waals surface area contributed by atoms with Gasteiger partial charge in [0.15, 0.2) is 0 Å². The van der Waals surface area contributed by atoms with Gasteiger partial charge in [-0.3, -0.25) is 0 Å². The fraction of sp³-hybridized carbons (Fsp3) is 0.467. The minimum absolute atomic E-state index is 0.206. The third-order valence-electron chi connectivity index (χ3n) is 3.40. The quantitative estimate of drug-likeness (QED) is 0.899. The predicted octanol–water partition coefficient (Wildman–Crippen LogP) is 4.13. The molecule has 0 saturated heterocycles. The summed E-state index contributed by atoms with van der Waals surface area (Å²) >= 11 is 0. The molecule has 0 saturated carbocycles. The second kappa shape index (κ2) is 5.48. The van der Waals surface area contributed by atoms with Crippen molar-refractivity contribution in [2.75, 3.05) is 6.54 Å². The number of halogens is 3. The highest BCUT2D eigenvalue weighted by atomic mass is 19.4. The summed E-state index contributed by atoms with van der Waals surface area (Å²) in [5.74, 6) is 0. The SMILES string of the molecule is CC(C)n1c(CCCN)cc2cc(C(F)(F)F)ccc21. The number of fused-ring (bicyclic) bond motifs is 1. The molecule has 0 amide bonds. The normalized spacial score (nSPS) is 12.6. The molecule has 0 spiro atoms. The van der Waals surface area contributed by atoms with Crippen LogP contribution >= 0.6 is 0 Å². The van der Waals surface area contributed by atoms with Gasteiger partial charge in [-0.2, -0.15) is 13.2 Å². The maximum absolute atomic E-state index is 12.8. The van der Waals surface area contributed by atoms with E-state index in [9.17, 15) is 13.2 Å². The fourth-order valence-electron chi connectivity index (χ4n) is 2.56. The molecule has 5 heteroatoms. The van der Waals surface area contributed by atoms with Crippen LogP contribution in [0.2, 0.25) is 0 Å². The number of hydrogen-bond acceptors (Lipinski definition) is 1. The number of nitrogens with zero attached hydrogens (tertiary/aromatic N) is 1. The first-order chi connectivity index (χ1) is 9.34. The molecule has 110 valence electrons. The predicted molar refractivity (Wildman–Crippen MR) is 74.7 cm³/mol. The van der Waals surface area contributed by atoms with E-state index in [4.69, 9.17) is 5.73 Å². The first-order valence-electron chi connectivity index (χ1n) is 6.75. The molecule has 0 unspecified atom stereocenters. The summed E-state index contributed by atoms with van der Waals surface area (Å²) in [6.45, 7) is 4.64. The Hall–Kier alpha value is -1.49. The van der Waals surface area contributed by atoms with E-state index in [0.717, 1.165) is 30.1 Å². The Morgan fingerprint density at radius 1 is 1.20 bits per heavy atom. The number of aromatic nitrogens is 1. The number of hydrogen-bond donors (Lipinski definition) is 1. The molecule has 0 atom stereocenters. The van der Waals surface area contributed by atoms with E-state index in [2.05, 4.69) is 4.57 Å². The van der Waals surface area contributed by atoms with Gasteiger partial charge < -0.3 is 10.3 Å². The Morgan fingerprint density at radius 2 is 1.90 bits per heavy atom. The van der Waals surface area contributed by atoms with Crippen LogP contribution in [0.15, 0.2) is 24.3 Å². The molecular formula is C15H19F3N2. The van der Waals surface area contributed by atoms with E-state index in [0.29, 0.717) is 11.9 Å². The van der Waals surface area contributed by atoms with Gasteiger partial charge in [0.1, 0.15) is 0 Å². The van der Waals surface area contributed by atoms with Crippen LogP contribution < -0.4 is 5.73 Å². The summed E-state index contributed by atoms with van der Waals surface area (Å²) in [5.41, 5.74) is 6.81. The second-order valence-electron chi connectivity index (χ2n) is 5.26. The highest BCUT2D eigenvalue weighted by Crippen LogP contribution is 2.33. The van der Waals surface area contributed by atoms with E-state index in [1.165, 1.54) is 6.07 Å². The van der Waals surface area contributed by atoms with Crippen LogP contribution in [0.3, 0.4) is 0 Å². The summed E-state index contributed by atoms with van der Waals surface area (Å²) in [5, 5.41) is 0.639. The van der Waals surface area contributed by atoms with Crippen LogP contribution in [-0.4, -0.2) is 11.1 Å². The fourth-order valence-corrected chi connectivity index (χ4v) is 2.56. The molecule has 0 aliphatic rings. The van der Waals surface area contributed by atoms with Crippen molar-refractivity contribution < 1.29 is 13.2 Å². The average Bonchev–Trinajstić information content (AvgIpc) is 2.72. The lowest BCUT2D eigenvalue weighted by Gasteiger charge is -2.15. The van der Waals surface area contributed by atoms with Crippen molar-refractivity contribution in [3.05, 3.63) is 35.5 Å². The number of alkyl halides is 3. The number of rotatable bonds is 4. The molecule has 0 radical (unpaired) electrons. The van der Waals surface area contributed by atoms with Crippen LogP contribution in [0.4, 0.5) is 13.2 Å². The molecule has 1 heterocycles. The lowest BCUT2D eigenvalue weighted by molar-refractivity contribution is -0.137. The van der Waals surface area contributed by atoms with Gasteiger partial charge in [-0.15, -0.1) is 0 Å². The Balaban J connectivity index is 2.55. The van der Waals surface area contributed by atoms with E-state index >= 15 is 0 Å². The molecule has 0 aliphatic heterocycles. The van der Waals surface area contributed by atoms with Crippen molar-refractivity contribution in [2.24, 2.45) is 5.73 Å². The van der Waals surface area contributed by atoms with Crippen LogP contribution in [0.1, 0.15) is 37.6 Å². The zero-order valence-electron chi connectivity index (χ0n) is 11.7. The number of aryl methyl sites for hydroxylation is 1. The van der Waals surface area contributed by atoms with Crippen LogP contribution in [-0.2, 0) is 12.6 Å². The van der Waals surface area contributed by atoms with Gasteiger partial charge in [0.25, 0.3) is 0 Å². The average molecular weight is 284 g/mol. The molecule has 0 aliphatic carbocycles. The Kier molecular flexibility index (Phi) is 4.09. The molecule has 2 nitrogen and oxygen atoms in total. The molecule has 0 bridgehead atoms. The minimum Gasteiger partial charge on any atom is -0.342 e. The number of benzene rings is 1. The third-order valence-corrected chi connectivity index (χ3v) is 3.40. The molecule has 2 rings (SSSR count). The smallest absolute Gasteiger partial charge is 0.342 e. The van der Waals surface area contributed by atoms with E-state index in [1.807, 2.05) is 19.9 Å². The van der Waals surface area contributed by atoms with Crippen molar-refractivity contribution >= 4 is 10.9 Å². The van der Waals surface area contributed by atoms with E-state index in [-0.39, 0.29) is 6.04 Å². The Bertz CT molecular complexity index is 597. The third kappa shape index (κ3) is 2.82. The summed E-state index contributed by atoms with van der Waals surface area (Å²) in [7, 11) is 0. The topological polar surface area (TPSA) is 30.9 Å². The van der Waals surface area contributed by atoms with Crippen LogP contribution in [0, 0.1) is 0 Å². The van der Waals surface area contributed by atoms with Crippen molar-refractivity contribution in [1.82, 2.24) is 4.57 Å². The molecule has 2 aromatic rings. The van der Waals surface area contributed by atoms with Crippen LogP contribution in [0.5, 0.6) is 0 Å². The van der Waals surface area contributed by atoms with E-state index in [1.54, 1.807) is 6.07 Å². The molecule has 0 fully saturated rings. The van der Waals surface area contributed by atoms with Crippen molar-refractivity contribution in [1.29, 1.82) is 0 Å². The van der Waals surface area contributed by atoms with Gasteiger partial charge in [-0.05, 0) is 57.5 Å². The Labute approximate surface area is 116 Å². The second-order valence-corrected chi connectivity index (χ2v) is 5.26. The minimum atomic E-state index is -4.30. The summed E-state index contributed by atoms with van der Waals surface area (Å²) in [6, 6.07) is 5.98. The van der Waals surface area contributed by atoms with Gasteiger partial charge in [0, 0.05) is 22.6 Å². The molecule has 2 N–H and O–H groups in total. The molecule has 20 heavy (non-hydrogen) atoms. The highest BCUT2D eigenvalue weighted by molar-refractivity contribution is 5.82. The Morgan fingerprint density at radius 3 is 2.45 bits per heavy atom. The van der Waals surface area contributed by atoms with Gasteiger partial charge in [-0.1, -0.05) is 0 Å². The lowest BCUT2D eigenvalue weighted by atomic mass is 10.1. The lowest BCUT2D eigenvalue weighted by Crippen LogP contribution is -2.08. The van der Waals surface area contributed by atoms with Gasteiger partial charge >= 0.3 is 6.18 Å². The maximum Gasteiger partial charge on any atom is 0.416 e. The van der Waals surface area contributed by atoms with E-state index < -0.39 is 11.7 Å². The van der Waals surface area contributed by atoms with Crippen molar-refractivity contribution in [3.63, 3.8) is 0 Å². The summed E-state index contributed by atoms with van der Waals surface area (Å²) in [6.07, 6.45) is -2.69. The maximum atomic E-state index is 12.8.